The minimum Gasteiger partial charge on any atom is -0.340 e. The van der Waals surface area contributed by atoms with Crippen LogP contribution in [0.1, 0.15) is 49.7 Å². The average Bonchev–Trinajstić information content (AvgIpc) is 2.69. The van der Waals surface area contributed by atoms with E-state index in [9.17, 15) is 14.4 Å². The first kappa shape index (κ1) is 20.4. The van der Waals surface area contributed by atoms with Crippen molar-refractivity contribution in [3.63, 3.8) is 0 Å². The molecule has 2 aliphatic rings. The summed E-state index contributed by atoms with van der Waals surface area (Å²) in [6.07, 6.45) is 3.02. The number of piperidine rings is 1. The fraction of sp³-hybridized carbons (Fsp3) is 0.429. The molecular formula is C21H24ClN5O3. The molecule has 0 bridgehead atoms. The molecule has 0 spiro atoms. The van der Waals surface area contributed by atoms with Crippen molar-refractivity contribution >= 4 is 40.9 Å². The summed E-state index contributed by atoms with van der Waals surface area (Å²) < 4.78 is 0. The van der Waals surface area contributed by atoms with Crippen LogP contribution in [-0.4, -0.2) is 34.4 Å². The van der Waals surface area contributed by atoms with Gasteiger partial charge in [-0.3, -0.25) is 19.4 Å². The number of benzene rings is 1. The Balaban J connectivity index is 1.66. The van der Waals surface area contributed by atoms with E-state index in [1.54, 1.807) is 12.1 Å². The predicted octanol–water partition coefficient (Wildman–Crippen LogP) is 3.18. The van der Waals surface area contributed by atoms with Crippen LogP contribution >= 0.6 is 11.6 Å². The molecule has 2 amide bonds. The van der Waals surface area contributed by atoms with E-state index in [0.29, 0.717) is 16.7 Å². The monoisotopic (exact) mass is 429 g/mol. The van der Waals surface area contributed by atoms with Gasteiger partial charge in [-0.1, -0.05) is 17.7 Å². The van der Waals surface area contributed by atoms with Gasteiger partial charge in [-0.2, -0.15) is 4.98 Å². The normalized spacial score (nSPS) is 21.0. The third-order valence-corrected chi connectivity index (χ3v) is 6.03. The van der Waals surface area contributed by atoms with E-state index in [4.69, 9.17) is 11.6 Å². The molecule has 158 valence electrons. The van der Waals surface area contributed by atoms with E-state index >= 15 is 0 Å². The number of amides is 2. The van der Waals surface area contributed by atoms with Crippen LogP contribution in [0.5, 0.6) is 0 Å². The van der Waals surface area contributed by atoms with Crippen molar-refractivity contribution in [2.24, 2.45) is 0 Å². The summed E-state index contributed by atoms with van der Waals surface area (Å²) in [5, 5.41) is 5.79. The Labute approximate surface area is 179 Å². The number of carbonyl (C=O) groups is 2. The van der Waals surface area contributed by atoms with Crippen LogP contribution in [0.3, 0.4) is 0 Å². The van der Waals surface area contributed by atoms with Crippen molar-refractivity contribution in [3.05, 3.63) is 44.7 Å². The van der Waals surface area contributed by atoms with Crippen LogP contribution in [0.15, 0.2) is 23.0 Å². The zero-order chi connectivity index (χ0) is 21.4. The quantitative estimate of drug-likeness (QED) is 0.694. The molecule has 1 aromatic heterocycles. The van der Waals surface area contributed by atoms with Gasteiger partial charge in [0, 0.05) is 19.0 Å². The summed E-state index contributed by atoms with van der Waals surface area (Å²) >= 11 is 6.21. The highest BCUT2D eigenvalue weighted by Crippen LogP contribution is 2.32. The summed E-state index contributed by atoms with van der Waals surface area (Å²) in [4.78, 5) is 47.5. The fourth-order valence-corrected chi connectivity index (χ4v) is 4.36. The first-order valence-electron chi connectivity index (χ1n) is 10.1. The third kappa shape index (κ3) is 3.92. The Kier molecular flexibility index (Phi) is 5.51. The number of aromatic nitrogens is 2. The highest BCUT2D eigenvalue weighted by Gasteiger charge is 2.35. The number of fused-ring (bicyclic) bond motifs is 1. The van der Waals surface area contributed by atoms with Gasteiger partial charge in [-0.15, -0.1) is 0 Å². The summed E-state index contributed by atoms with van der Waals surface area (Å²) in [7, 11) is 0. The fourth-order valence-electron chi connectivity index (χ4n) is 4.07. The Hall–Kier alpha value is -2.87. The Morgan fingerprint density at radius 3 is 2.83 bits per heavy atom. The molecular weight excluding hydrogens is 406 g/mol. The largest absolute Gasteiger partial charge is 0.340 e. The van der Waals surface area contributed by atoms with Gasteiger partial charge in [0.2, 0.25) is 17.8 Å². The number of aryl methyl sites for hydroxylation is 1. The van der Waals surface area contributed by atoms with Crippen LogP contribution < -0.4 is 21.1 Å². The van der Waals surface area contributed by atoms with Crippen LogP contribution in [-0.2, 0) is 9.59 Å². The van der Waals surface area contributed by atoms with Gasteiger partial charge in [0.1, 0.15) is 5.82 Å². The molecule has 0 unspecified atom stereocenters. The van der Waals surface area contributed by atoms with Crippen molar-refractivity contribution < 1.29 is 9.59 Å². The van der Waals surface area contributed by atoms with Gasteiger partial charge in [0.25, 0.3) is 5.56 Å². The van der Waals surface area contributed by atoms with E-state index in [-0.39, 0.29) is 29.8 Å². The van der Waals surface area contributed by atoms with Crippen molar-refractivity contribution in [2.75, 3.05) is 22.1 Å². The predicted molar refractivity (Wildman–Crippen MR) is 116 cm³/mol. The minimum absolute atomic E-state index is 0.132. The maximum Gasteiger partial charge on any atom is 0.258 e. The molecule has 0 saturated carbocycles. The van der Waals surface area contributed by atoms with Crippen molar-refractivity contribution in [3.8, 4) is 0 Å². The Morgan fingerprint density at radius 1 is 1.30 bits per heavy atom. The number of nitrogens with zero attached hydrogens (tertiary/aromatic N) is 2. The van der Waals surface area contributed by atoms with Crippen molar-refractivity contribution in [1.82, 2.24) is 9.97 Å². The second kappa shape index (κ2) is 8.10. The Bertz CT molecular complexity index is 1070. The summed E-state index contributed by atoms with van der Waals surface area (Å²) in [6, 6.07) is 5.49. The van der Waals surface area contributed by atoms with Gasteiger partial charge in [-0.25, -0.2) is 0 Å². The number of carbonyl (C=O) groups excluding carboxylic acids is 2. The number of hydrogen-bond donors (Lipinski definition) is 3. The highest BCUT2D eigenvalue weighted by atomic mass is 35.5. The first-order chi connectivity index (χ1) is 14.3. The molecule has 1 aromatic carbocycles. The maximum absolute atomic E-state index is 13.0. The van der Waals surface area contributed by atoms with Gasteiger partial charge >= 0.3 is 0 Å². The van der Waals surface area contributed by atoms with E-state index in [1.165, 1.54) is 0 Å². The minimum atomic E-state index is -0.949. The molecule has 9 heteroatoms. The smallest absolute Gasteiger partial charge is 0.258 e. The molecule has 2 atom stereocenters. The maximum atomic E-state index is 13.0. The van der Waals surface area contributed by atoms with E-state index in [2.05, 4.69) is 27.5 Å². The third-order valence-electron chi connectivity index (χ3n) is 5.71. The second-order valence-electron chi connectivity index (χ2n) is 7.97. The number of H-pyrrole nitrogens is 1. The standard InChI is InChI=1S/C21H24ClN5O3/c1-11-6-7-15(14(22)9-11)23-19(29)13-10-16(28)24-18-17(13)20(30)26-21(25-18)27-8-4-3-5-12(27)2/h6-7,9,12-13H,3-5,8,10H2,1-2H3,(H,23,29)(H2,24,25,26,28,30)/t12-,13-/m0/s1. The molecule has 3 heterocycles. The lowest BCUT2D eigenvalue weighted by Crippen LogP contribution is -2.42. The number of anilines is 3. The zero-order valence-electron chi connectivity index (χ0n) is 16.9. The van der Waals surface area contributed by atoms with Crippen LogP contribution in [0.2, 0.25) is 5.02 Å². The van der Waals surface area contributed by atoms with Gasteiger partial charge in [-0.05, 0) is 50.8 Å². The summed E-state index contributed by atoms with van der Waals surface area (Å²) in [6.45, 7) is 4.76. The van der Waals surface area contributed by atoms with E-state index in [1.807, 2.05) is 17.9 Å². The topological polar surface area (TPSA) is 107 Å². The first-order valence-corrected chi connectivity index (χ1v) is 10.5. The van der Waals surface area contributed by atoms with Crippen molar-refractivity contribution in [2.45, 2.75) is 51.5 Å². The van der Waals surface area contributed by atoms with Gasteiger partial charge in [0.05, 0.1) is 22.2 Å². The molecule has 0 radical (unpaired) electrons. The van der Waals surface area contributed by atoms with E-state index < -0.39 is 17.4 Å². The van der Waals surface area contributed by atoms with Crippen molar-refractivity contribution in [1.29, 1.82) is 0 Å². The molecule has 0 aliphatic carbocycles. The molecule has 8 nitrogen and oxygen atoms in total. The number of aromatic amines is 1. The number of nitrogens with one attached hydrogen (secondary N) is 3. The zero-order valence-corrected chi connectivity index (χ0v) is 17.7. The molecule has 2 aliphatic heterocycles. The molecule has 3 N–H and O–H groups in total. The number of hydrogen-bond acceptors (Lipinski definition) is 5. The summed E-state index contributed by atoms with van der Waals surface area (Å²) in [5.41, 5.74) is 1.15. The molecule has 1 fully saturated rings. The molecule has 30 heavy (non-hydrogen) atoms. The molecule has 2 aromatic rings. The number of halogens is 1. The second-order valence-corrected chi connectivity index (χ2v) is 8.37. The molecule has 4 rings (SSSR count). The molecule has 1 saturated heterocycles. The SMILES string of the molecule is Cc1ccc(NC(=O)[C@H]2CC(=O)Nc3nc(N4CCCC[C@@H]4C)[nH]c(=O)c32)c(Cl)c1. The highest BCUT2D eigenvalue weighted by molar-refractivity contribution is 6.33. The van der Waals surface area contributed by atoms with Crippen LogP contribution in [0.4, 0.5) is 17.5 Å². The van der Waals surface area contributed by atoms with Gasteiger partial charge < -0.3 is 15.5 Å². The van der Waals surface area contributed by atoms with E-state index in [0.717, 1.165) is 31.4 Å². The lowest BCUT2D eigenvalue weighted by molar-refractivity contribution is -0.123. The van der Waals surface area contributed by atoms with Gasteiger partial charge in [0.15, 0.2) is 0 Å². The average molecular weight is 430 g/mol. The lowest BCUT2D eigenvalue weighted by Gasteiger charge is -2.34. The lowest BCUT2D eigenvalue weighted by atomic mass is 9.92. The number of rotatable bonds is 3. The van der Waals surface area contributed by atoms with Crippen LogP contribution in [0, 0.1) is 6.92 Å². The Morgan fingerprint density at radius 2 is 2.10 bits per heavy atom. The van der Waals surface area contributed by atoms with Crippen LogP contribution in [0.25, 0.3) is 0 Å². The summed E-state index contributed by atoms with van der Waals surface area (Å²) in [5.74, 6) is -1.20.